The van der Waals surface area contributed by atoms with Crippen LogP contribution < -0.4 is 18.9 Å². The first kappa shape index (κ1) is 72.1. The molecular weight excluding hydrogens is 983 g/mol. The van der Waals surface area contributed by atoms with Crippen molar-refractivity contribution in [1.82, 2.24) is 0 Å². The number of rotatable bonds is 2. The van der Waals surface area contributed by atoms with Crippen molar-refractivity contribution in [1.29, 1.82) is 0 Å². The van der Waals surface area contributed by atoms with E-state index in [1.165, 1.54) is 82.8 Å². The van der Waals surface area contributed by atoms with Gasteiger partial charge >= 0.3 is 0 Å². The fourth-order valence-electron chi connectivity index (χ4n) is 5.61. The van der Waals surface area contributed by atoms with E-state index in [0.29, 0.717) is 26.4 Å². The molecule has 0 fully saturated rings. The molecule has 2 aliphatic rings. The molecule has 7 rings (SSSR count). The summed E-state index contributed by atoms with van der Waals surface area (Å²) >= 11 is 9.12. The average molecular weight is 1080 g/mol. The zero-order valence-corrected chi connectivity index (χ0v) is 54.2. The predicted molar refractivity (Wildman–Crippen MR) is 334 cm³/mol. The van der Waals surface area contributed by atoms with Gasteiger partial charge in [0.1, 0.15) is 26.4 Å². The summed E-state index contributed by atoms with van der Waals surface area (Å²) in [6, 6.07) is 0. The van der Waals surface area contributed by atoms with Crippen molar-refractivity contribution in [3.8, 4) is 23.0 Å². The van der Waals surface area contributed by atoms with Gasteiger partial charge in [0.2, 0.25) is 0 Å². The van der Waals surface area contributed by atoms with Gasteiger partial charge in [-0.15, -0.1) is 56.7 Å². The van der Waals surface area contributed by atoms with Crippen LogP contribution >= 0.6 is 56.7 Å². The van der Waals surface area contributed by atoms with Crippen molar-refractivity contribution >= 4 is 68.8 Å². The Morgan fingerprint density at radius 1 is 0.375 bits per heavy atom. The van der Waals surface area contributed by atoms with Gasteiger partial charge in [-0.05, 0) is 198 Å². The van der Waals surface area contributed by atoms with E-state index in [1.54, 1.807) is 35.7 Å². The molecule has 0 radical (unpaired) electrons. The maximum atomic E-state index is 6.37. The average Bonchev–Trinajstić information content (AvgIpc) is 4.09. The van der Waals surface area contributed by atoms with E-state index in [9.17, 15) is 0 Å². The Balaban J connectivity index is -0.000000765. The lowest BCUT2D eigenvalue weighted by molar-refractivity contribution is 0.171. The van der Waals surface area contributed by atoms with Crippen LogP contribution in [0.3, 0.4) is 0 Å². The number of nitrogens with zero attached hydrogens (tertiary/aromatic N) is 1. The fraction of sp³-hybridized carbons (Fsp3) is 0.500. The highest BCUT2D eigenvalue weighted by molar-refractivity contribution is 7.14. The van der Waals surface area contributed by atoms with E-state index >= 15 is 0 Å². The maximum Gasteiger partial charge on any atom is 0.179 e. The summed E-state index contributed by atoms with van der Waals surface area (Å²) in [5, 5.41) is 0. The smallest absolute Gasteiger partial charge is 0.179 e. The third kappa shape index (κ3) is 26.2. The van der Waals surface area contributed by atoms with Crippen molar-refractivity contribution in [3.05, 3.63) is 141 Å². The largest absolute Gasteiger partial charge is 0.485 e. The third-order valence-electron chi connectivity index (χ3n) is 11.0. The van der Waals surface area contributed by atoms with E-state index in [4.69, 9.17) is 25.5 Å². The van der Waals surface area contributed by atoms with Crippen molar-refractivity contribution in [2.45, 2.75) is 187 Å². The van der Waals surface area contributed by atoms with Crippen LogP contribution in [0.5, 0.6) is 23.0 Å². The molecule has 0 N–H and O–H groups in total. The second-order valence-corrected chi connectivity index (χ2v) is 23.0. The Hall–Kier alpha value is -4.11. The van der Waals surface area contributed by atoms with E-state index < -0.39 is 0 Å². The van der Waals surface area contributed by atoms with E-state index in [0.717, 1.165) is 33.6 Å². The number of thiophene rings is 5. The molecule has 0 aromatic carbocycles. The first-order valence-electron chi connectivity index (χ1n) is 25.3. The van der Waals surface area contributed by atoms with Crippen LogP contribution in [0.25, 0.3) is 17.0 Å². The standard InChI is InChI=1S/C10H12O2S.C10H14S.C8H10O2S.2C8H12S.C5H7N.C5H10.C4H8.2C2H6/c1-3-4-8-10-9(7(2)13-8)11-5-6-12-10;1-5-6-10-8(3)7(2)9(4)11-10;1-5-7-8(6(2)11-5)10-4-3-9-7;2*1-5-6(2)8(4)9-7(5)3;1-4-5(2)6-3;1-4-5(2)3;1-3-4-2;2*1-2/h3-4H,5-6H2,1-2H3;5-6H,1-4H3;3-4H2,1-2H3;2*1-4H3;4H,1-2H3;4H,1-3H3;3-4H,1-2H3;2*1-2H3/b4-3+;6-5+;;;;5-4-;;4-3+;;. The Morgan fingerprint density at radius 3 is 0.875 bits per heavy atom. The number of aryl methyl sites for hydroxylation is 8. The summed E-state index contributed by atoms with van der Waals surface area (Å²) < 4.78 is 22.0. The molecule has 5 aromatic heterocycles. The number of hydrogen-bond acceptors (Lipinski definition) is 9. The van der Waals surface area contributed by atoms with Crippen LogP contribution in [0, 0.1) is 104 Å². The monoisotopic (exact) mass is 1080 g/mol. The first-order chi connectivity index (χ1) is 34.0. The van der Waals surface area contributed by atoms with E-state index in [-0.39, 0.29) is 0 Å². The van der Waals surface area contributed by atoms with Crippen LogP contribution in [0.1, 0.15) is 172 Å². The molecule has 7 heterocycles. The summed E-state index contributed by atoms with van der Waals surface area (Å²) in [6.45, 7) is 65.2. The quantitative estimate of drug-likeness (QED) is 0.130. The molecule has 5 nitrogen and oxygen atoms in total. The Bertz CT molecular complexity index is 2330. The maximum absolute atomic E-state index is 6.37. The zero-order valence-electron chi connectivity index (χ0n) is 50.1. The van der Waals surface area contributed by atoms with Crippen molar-refractivity contribution in [2.24, 2.45) is 0 Å². The lowest BCUT2D eigenvalue weighted by Gasteiger charge is -2.15. The molecule has 404 valence electrons. The van der Waals surface area contributed by atoms with Gasteiger partial charge in [0, 0.05) is 43.9 Å². The summed E-state index contributed by atoms with van der Waals surface area (Å²) in [5.41, 5.74) is 10.9. The van der Waals surface area contributed by atoms with Gasteiger partial charge in [0.15, 0.2) is 28.7 Å². The molecule has 0 saturated carbocycles. The second-order valence-electron chi connectivity index (χ2n) is 16.2. The van der Waals surface area contributed by atoms with Gasteiger partial charge in [0.25, 0.3) is 0 Å². The minimum atomic E-state index is 0.660. The molecule has 0 spiro atoms. The van der Waals surface area contributed by atoms with Gasteiger partial charge in [-0.25, -0.2) is 4.85 Å². The summed E-state index contributed by atoms with van der Waals surface area (Å²) in [4.78, 5) is 16.6. The molecule has 5 aromatic rings. The highest BCUT2D eigenvalue weighted by Crippen LogP contribution is 2.44. The van der Waals surface area contributed by atoms with Gasteiger partial charge in [0.05, 0.1) is 11.4 Å². The number of allylic oxidation sites excluding steroid dienone is 8. The van der Waals surface area contributed by atoms with E-state index in [2.05, 4.69) is 147 Å². The Morgan fingerprint density at radius 2 is 0.639 bits per heavy atom. The lowest BCUT2D eigenvalue weighted by atomic mass is 10.1. The van der Waals surface area contributed by atoms with Crippen molar-refractivity contribution in [2.75, 3.05) is 26.4 Å². The normalized spacial score (nSPS) is 11.4. The molecule has 10 heteroatoms. The van der Waals surface area contributed by atoms with Crippen LogP contribution in [-0.2, 0) is 0 Å². The molecule has 0 amide bonds. The number of fused-ring (bicyclic) bond motifs is 2. The van der Waals surface area contributed by atoms with E-state index in [1.807, 2.05) is 115 Å². The zero-order chi connectivity index (χ0) is 56.3. The highest BCUT2D eigenvalue weighted by Gasteiger charge is 2.21. The predicted octanol–water partition coefficient (Wildman–Crippen LogP) is 22.1. The van der Waals surface area contributed by atoms with Crippen molar-refractivity contribution < 1.29 is 18.9 Å². The topological polar surface area (TPSA) is 41.3 Å². The third-order valence-corrected chi connectivity index (χ3v) is 16.8. The molecule has 72 heavy (non-hydrogen) atoms. The minimum absolute atomic E-state index is 0.660. The molecule has 2 aliphatic heterocycles. The Labute approximate surface area is 462 Å². The molecule has 0 atom stereocenters. The van der Waals surface area contributed by atoms with Gasteiger partial charge < -0.3 is 18.9 Å². The molecule has 0 saturated heterocycles. The summed E-state index contributed by atoms with van der Waals surface area (Å²) in [7, 11) is 0. The SMILES string of the molecule is C/C=C/C.C/C=C/c1sc(C)c(C)c1C.C/C=C/c1sc(C)c2c1OCCO2.CC.CC.CC=C(C)C.Cc1sc(C)c(C)c1C.Cc1sc(C)c(C)c1C.Cc1sc(C)c2c1OCCO2.[C-]#[N+]/C(C)=C\C. The molecular formula is C62H97NO4S5. The molecule has 0 unspecified atom stereocenters. The lowest BCUT2D eigenvalue weighted by Crippen LogP contribution is -2.14. The van der Waals surface area contributed by atoms with Crippen LogP contribution in [0.2, 0.25) is 0 Å². The minimum Gasteiger partial charge on any atom is -0.485 e. The highest BCUT2D eigenvalue weighted by atomic mass is 32.1. The number of ether oxygens (including phenoxy) is 4. The first-order valence-corrected chi connectivity index (χ1v) is 29.4. The van der Waals surface area contributed by atoms with Gasteiger partial charge in [-0.1, -0.05) is 76.6 Å². The summed E-state index contributed by atoms with van der Waals surface area (Å²) in [6.07, 6.45) is 16.2. The van der Waals surface area contributed by atoms with Gasteiger partial charge in [-0.3, -0.25) is 0 Å². The van der Waals surface area contributed by atoms with Crippen LogP contribution in [0.15, 0.2) is 47.7 Å². The molecule has 0 aliphatic carbocycles. The second kappa shape index (κ2) is 41.3. The van der Waals surface area contributed by atoms with Crippen LogP contribution in [0.4, 0.5) is 0 Å². The molecule has 0 bridgehead atoms. The number of hydrogen-bond donors (Lipinski definition) is 0. The van der Waals surface area contributed by atoms with Crippen LogP contribution in [-0.4, -0.2) is 26.4 Å². The van der Waals surface area contributed by atoms with Crippen molar-refractivity contribution in [3.63, 3.8) is 0 Å². The Kier molecular flexibility index (Phi) is 41.3. The summed E-state index contributed by atoms with van der Waals surface area (Å²) in [5.74, 6) is 3.77. The van der Waals surface area contributed by atoms with Gasteiger partial charge in [-0.2, -0.15) is 0 Å². The fourth-order valence-corrected chi connectivity index (χ4v) is 10.9.